The van der Waals surface area contributed by atoms with Gasteiger partial charge < -0.3 is 4.65 Å². The zero-order chi connectivity index (χ0) is 15.5. The first-order valence-electron chi connectivity index (χ1n) is 5.60. The molecule has 1 rings (SSSR count). The summed E-state index contributed by atoms with van der Waals surface area (Å²) in [6, 6.07) is 0. The van der Waals surface area contributed by atoms with E-state index in [9.17, 15) is 14.4 Å². The average Bonchev–Trinajstić information content (AvgIpc) is 2.32. The summed E-state index contributed by atoms with van der Waals surface area (Å²) in [5, 5.41) is 17.0. The van der Waals surface area contributed by atoms with Gasteiger partial charge in [0.1, 0.15) is 0 Å². The maximum Gasteiger partial charge on any atom is 0.488 e. The van der Waals surface area contributed by atoms with Gasteiger partial charge in [-0.2, -0.15) is 5.26 Å². The lowest BCUT2D eigenvalue weighted by Gasteiger charge is -2.22. The van der Waals surface area contributed by atoms with Crippen molar-refractivity contribution in [3.8, 4) is 12.2 Å². The Kier molecular flexibility index (Phi) is 4.25. The summed E-state index contributed by atoms with van der Waals surface area (Å²) >= 11 is 0. The molecule has 0 aliphatic carbocycles. The first-order chi connectivity index (χ1) is 9.25. The van der Waals surface area contributed by atoms with Crippen molar-refractivity contribution in [3.63, 3.8) is 0 Å². The maximum absolute atomic E-state index is 12.2. The van der Waals surface area contributed by atoms with Gasteiger partial charge in [0.2, 0.25) is 0 Å². The van der Waals surface area contributed by atoms with E-state index < -0.39 is 37.6 Å². The van der Waals surface area contributed by atoms with E-state index in [1.165, 1.54) is 6.26 Å². The van der Waals surface area contributed by atoms with Crippen LogP contribution in [0.1, 0.15) is 20.8 Å². The topological polar surface area (TPSA) is 123 Å². The normalized spacial score (nSPS) is 10.2. The molecule has 0 unspecified atom stereocenters. The highest BCUT2D eigenvalue weighted by molar-refractivity contribution is 6.43. The molecule has 1 aromatic heterocycles. The van der Waals surface area contributed by atoms with Crippen LogP contribution in [0.15, 0.2) is 14.4 Å². The highest BCUT2D eigenvalue weighted by Gasteiger charge is 2.24. The molecule has 1 heterocycles. The van der Waals surface area contributed by atoms with Crippen LogP contribution in [0.3, 0.4) is 0 Å². The Hall–Kier alpha value is -2.68. The third-order valence-corrected chi connectivity index (χ3v) is 2.46. The van der Waals surface area contributed by atoms with Gasteiger partial charge in [0.15, 0.2) is 0 Å². The van der Waals surface area contributed by atoms with Crippen LogP contribution in [0.2, 0.25) is 0 Å². The highest BCUT2D eigenvalue weighted by Crippen LogP contribution is 2.06. The van der Waals surface area contributed by atoms with Crippen molar-refractivity contribution < 1.29 is 4.65 Å². The van der Waals surface area contributed by atoms with Crippen LogP contribution in [0.25, 0.3) is 0 Å². The summed E-state index contributed by atoms with van der Waals surface area (Å²) in [4.78, 5) is 36.2. The molecular weight excluding hydrogens is 264 g/mol. The molecule has 0 radical (unpaired) electrons. The zero-order valence-corrected chi connectivity index (χ0v) is 11.3. The molecule has 0 saturated carbocycles. The summed E-state index contributed by atoms with van der Waals surface area (Å²) in [7, 11) is -1.11. The third kappa shape index (κ3) is 2.67. The molecule has 102 valence electrons. The molecular formula is C9H11B2N5O4. The molecule has 0 fully saturated rings. The molecule has 9 nitrogen and oxygen atoms in total. The quantitative estimate of drug-likeness (QED) is 0.434. The molecule has 0 aliphatic heterocycles. The van der Waals surface area contributed by atoms with Crippen LogP contribution in [-0.2, 0) is 10.2 Å². The summed E-state index contributed by atoms with van der Waals surface area (Å²) < 4.78 is 6.43. The summed E-state index contributed by atoms with van der Waals surface area (Å²) in [6.07, 6.45) is 1.33. The van der Waals surface area contributed by atoms with Crippen molar-refractivity contribution in [1.82, 2.24) is 13.5 Å². The third-order valence-electron chi connectivity index (χ3n) is 2.46. The smallest absolute Gasteiger partial charge is 0.476 e. The lowest BCUT2D eigenvalue weighted by molar-refractivity contribution is 0.347. The molecule has 0 saturated heterocycles. The molecule has 0 bridgehead atoms. The van der Waals surface area contributed by atoms with E-state index in [-0.39, 0.29) is 0 Å². The Bertz CT molecular complexity index is 770. The Morgan fingerprint density at radius 2 is 1.60 bits per heavy atom. The first kappa shape index (κ1) is 15.4. The summed E-state index contributed by atoms with van der Waals surface area (Å²) in [6.45, 7) is 4.81. The van der Waals surface area contributed by atoms with Crippen LogP contribution in [0, 0.1) is 22.7 Å². The Morgan fingerprint density at radius 3 is 2.05 bits per heavy atom. The lowest BCUT2D eigenvalue weighted by Crippen LogP contribution is -2.60. The minimum absolute atomic E-state index is 0.499. The molecule has 0 spiro atoms. The number of nitriles is 2. The average molecular weight is 275 g/mol. The predicted molar refractivity (Wildman–Crippen MR) is 71.6 cm³/mol. The fraction of sp³-hybridized carbons (Fsp3) is 0.444. The van der Waals surface area contributed by atoms with E-state index in [4.69, 9.17) is 10.5 Å². The van der Waals surface area contributed by atoms with Gasteiger partial charge in [0.05, 0.1) is 0 Å². The van der Waals surface area contributed by atoms with Crippen molar-refractivity contribution in [1.29, 1.82) is 10.5 Å². The first-order valence-corrected chi connectivity index (χ1v) is 5.60. The second-order valence-electron chi connectivity index (χ2n) is 4.89. The second-order valence-corrected chi connectivity index (χ2v) is 4.89. The Balaban J connectivity index is 3.82. The summed E-state index contributed by atoms with van der Waals surface area (Å²) in [5.74, 6) is 1.68. The minimum atomic E-state index is -0.989. The van der Waals surface area contributed by atoms with Crippen LogP contribution in [0.5, 0.6) is 0 Å². The van der Waals surface area contributed by atoms with Gasteiger partial charge in [-0.15, -0.1) is 0 Å². The van der Waals surface area contributed by atoms with Crippen molar-refractivity contribution in [2.45, 2.75) is 26.3 Å². The standard InChI is InChI=1S/C9H11B2N5O4/c1-9(2,3)14-6(17)15(10-4-12)8(19)16(7(14)18)11-20-5-13/h10-11H,1-3H3. The lowest BCUT2D eigenvalue weighted by atomic mass is 9.98. The van der Waals surface area contributed by atoms with E-state index in [1.807, 2.05) is 0 Å². The number of nitrogens with zero attached hydrogens (tertiary/aromatic N) is 5. The molecule has 0 aliphatic rings. The molecule has 11 heteroatoms. The Labute approximate surface area is 114 Å². The van der Waals surface area contributed by atoms with Crippen LogP contribution >= 0.6 is 0 Å². The van der Waals surface area contributed by atoms with E-state index in [2.05, 4.69) is 4.65 Å². The molecule has 1 aromatic rings. The van der Waals surface area contributed by atoms with E-state index in [0.29, 0.717) is 8.96 Å². The Morgan fingerprint density at radius 1 is 1.05 bits per heavy atom. The van der Waals surface area contributed by atoms with E-state index >= 15 is 0 Å². The van der Waals surface area contributed by atoms with Crippen molar-refractivity contribution >= 4 is 15.0 Å². The number of rotatable bonds is 3. The van der Waals surface area contributed by atoms with Gasteiger partial charge in [-0.3, -0.25) is 8.96 Å². The zero-order valence-electron chi connectivity index (χ0n) is 11.3. The fourth-order valence-electron chi connectivity index (χ4n) is 1.62. The highest BCUT2D eigenvalue weighted by atomic mass is 16.4. The molecule has 0 N–H and O–H groups in total. The van der Waals surface area contributed by atoms with Crippen molar-refractivity contribution in [2.75, 3.05) is 0 Å². The van der Waals surface area contributed by atoms with Crippen LogP contribution in [-0.4, -0.2) is 28.6 Å². The van der Waals surface area contributed by atoms with Crippen molar-refractivity contribution in [3.05, 3.63) is 31.5 Å². The fourth-order valence-corrected chi connectivity index (χ4v) is 1.62. The monoisotopic (exact) mass is 275 g/mol. The van der Waals surface area contributed by atoms with E-state index in [1.54, 1.807) is 26.7 Å². The van der Waals surface area contributed by atoms with Gasteiger partial charge in [-0.25, -0.2) is 24.2 Å². The summed E-state index contributed by atoms with van der Waals surface area (Å²) in [5.41, 5.74) is -3.65. The SMILES string of the molecule is CC(C)(C)n1c(=O)n(BC#N)c(=O)n(BOC#N)c1=O. The van der Waals surface area contributed by atoms with Gasteiger partial charge >= 0.3 is 32.1 Å². The maximum atomic E-state index is 12.2. The second kappa shape index (κ2) is 5.53. The molecule has 0 atom stereocenters. The molecule has 0 aromatic carbocycles. The van der Waals surface area contributed by atoms with Gasteiger partial charge in [-0.1, -0.05) is 0 Å². The van der Waals surface area contributed by atoms with E-state index in [0.717, 1.165) is 4.57 Å². The van der Waals surface area contributed by atoms with Crippen LogP contribution in [0.4, 0.5) is 0 Å². The van der Waals surface area contributed by atoms with Gasteiger partial charge in [0, 0.05) is 11.5 Å². The van der Waals surface area contributed by atoms with Gasteiger partial charge in [-0.05, 0) is 20.8 Å². The molecule has 0 amide bonds. The largest absolute Gasteiger partial charge is 0.488 e. The minimum Gasteiger partial charge on any atom is -0.476 e. The van der Waals surface area contributed by atoms with Crippen molar-refractivity contribution in [2.24, 2.45) is 0 Å². The van der Waals surface area contributed by atoms with Crippen LogP contribution < -0.4 is 17.1 Å². The molecule has 20 heavy (non-hydrogen) atoms. The number of hydrogen-bond acceptors (Lipinski definition) is 6. The number of hydrogen-bond donors (Lipinski definition) is 0. The predicted octanol–water partition coefficient (Wildman–Crippen LogP) is -2.78. The van der Waals surface area contributed by atoms with Gasteiger partial charge in [0.25, 0.3) is 6.26 Å². The number of aromatic nitrogens is 3.